The highest BCUT2D eigenvalue weighted by Gasteiger charge is 2.26. The quantitative estimate of drug-likeness (QED) is 0.416. The fraction of sp³-hybridized carbons (Fsp3) is 0.269. The van der Waals surface area contributed by atoms with Gasteiger partial charge in [0, 0.05) is 31.6 Å². The minimum absolute atomic E-state index is 0.125. The molecule has 0 unspecified atom stereocenters. The zero-order valence-electron chi connectivity index (χ0n) is 18.1. The van der Waals surface area contributed by atoms with E-state index in [0.717, 1.165) is 22.6 Å². The summed E-state index contributed by atoms with van der Waals surface area (Å²) < 4.78 is 5.73. The molecule has 0 bridgehead atoms. The number of benzene rings is 3. The highest BCUT2D eigenvalue weighted by Crippen LogP contribution is 2.26. The molecule has 172 valence electrons. The summed E-state index contributed by atoms with van der Waals surface area (Å²) in [6, 6.07) is 25.1. The molecule has 4 rings (SSSR count). The Kier molecular flexibility index (Phi) is 8.24. The van der Waals surface area contributed by atoms with Crippen LogP contribution in [0.5, 0.6) is 5.75 Å². The molecule has 0 fully saturated rings. The van der Waals surface area contributed by atoms with Gasteiger partial charge in [0.2, 0.25) is 0 Å². The van der Waals surface area contributed by atoms with Crippen molar-refractivity contribution in [3.8, 4) is 5.75 Å². The van der Waals surface area contributed by atoms with Crippen molar-refractivity contribution >= 4 is 28.9 Å². The number of halogens is 2. The zero-order chi connectivity index (χ0) is 23.0. The molecule has 5 nitrogen and oxygen atoms in total. The van der Waals surface area contributed by atoms with Crippen LogP contribution in [0.25, 0.3) is 0 Å². The molecule has 0 aliphatic carbocycles. The van der Waals surface area contributed by atoms with Crippen LogP contribution >= 0.6 is 23.2 Å². The van der Waals surface area contributed by atoms with E-state index >= 15 is 0 Å². The fourth-order valence-corrected chi connectivity index (χ4v) is 4.06. The van der Waals surface area contributed by atoms with Crippen molar-refractivity contribution in [3.63, 3.8) is 0 Å². The Balaban J connectivity index is 1.37. The number of rotatable bonds is 10. The van der Waals surface area contributed by atoms with Gasteiger partial charge in [-0.05, 0) is 29.8 Å². The zero-order valence-corrected chi connectivity index (χ0v) is 19.6. The van der Waals surface area contributed by atoms with Crippen molar-refractivity contribution in [2.24, 2.45) is 5.16 Å². The van der Waals surface area contributed by atoms with Crippen molar-refractivity contribution in [1.82, 2.24) is 4.90 Å². The summed E-state index contributed by atoms with van der Waals surface area (Å²) in [6.45, 7) is 1.96. The maximum atomic E-state index is 10.7. The van der Waals surface area contributed by atoms with Crippen molar-refractivity contribution < 1.29 is 14.7 Å². The molecule has 1 heterocycles. The minimum atomic E-state index is -0.647. The molecule has 0 radical (unpaired) electrons. The Morgan fingerprint density at radius 3 is 2.45 bits per heavy atom. The maximum absolute atomic E-state index is 10.7. The van der Waals surface area contributed by atoms with Gasteiger partial charge < -0.3 is 14.7 Å². The number of aliphatic hydroxyl groups excluding tert-OH is 1. The lowest BCUT2D eigenvalue weighted by molar-refractivity contribution is 0.0213. The van der Waals surface area contributed by atoms with Crippen LogP contribution in [0.3, 0.4) is 0 Å². The van der Waals surface area contributed by atoms with Crippen molar-refractivity contribution in [3.05, 3.63) is 100 Å². The van der Waals surface area contributed by atoms with Gasteiger partial charge in [-0.1, -0.05) is 83.0 Å². The standard InChI is InChI=1S/C26H26Cl2N2O3/c27-24-12-11-20(13-25(24)28)26-14-23(33-29-26)17-30(15-19-7-3-1-4-8-19)16-21(31)18-32-22-9-5-2-6-10-22/h1-13,21,23,31H,14-18H2/t21-,23+/m0/s1. The summed E-state index contributed by atoms with van der Waals surface area (Å²) in [5, 5.41) is 15.9. The van der Waals surface area contributed by atoms with Crippen LogP contribution in [-0.4, -0.2) is 47.6 Å². The van der Waals surface area contributed by atoms with E-state index in [2.05, 4.69) is 22.2 Å². The smallest absolute Gasteiger partial charge is 0.145 e. The average molecular weight is 485 g/mol. The number of hydrogen-bond acceptors (Lipinski definition) is 5. The molecule has 1 aliphatic rings. The molecular weight excluding hydrogens is 459 g/mol. The third-order valence-corrected chi connectivity index (χ3v) is 6.09. The summed E-state index contributed by atoms with van der Waals surface area (Å²) in [6.07, 6.45) is -0.119. The Hall–Kier alpha value is -2.57. The molecule has 0 saturated heterocycles. The van der Waals surface area contributed by atoms with Gasteiger partial charge in [0.25, 0.3) is 0 Å². The Morgan fingerprint density at radius 2 is 1.73 bits per heavy atom. The van der Waals surface area contributed by atoms with Gasteiger partial charge in [-0.15, -0.1) is 0 Å². The number of hydrogen-bond donors (Lipinski definition) is 1. The molecule has 0 aromatic heterocycles. The predicted molar refractivity (Wildman–Crippen MR) is 132 cm³/mol. The summed E-state index contributed by atoms with van der Waals surface area (Å²) >= 11 is 12.2. The molecule has 33 heavy (non-hydrogen) atoms. The Morgan fingerprint density at radius 1 is 1.00 bits per heavy atom. The first-order valence-electron chi connectivity index (χ1n) is 10.9. The first kappa shape index (κ1) is 23.6. The summed E-state index contributed by atoms with van der Waals surface area (Å²) in [5.74, 6) is 0.741. The van der Waals surface area contributed by atoms with Crippen LogP contribution < -0.4 is 4.74 Å². The predicted octanol–water partition coefficient (Wildman–Crippen LogP) is 5.43. The lowest BCUT2D eigenvalue weighted by Crippen LogP contribution is -2.39. The van der Waals surface area contributed by atoms with E-state index in [1.54, 1.807) is 12.1 Å². The second-order valence-corrected chi connectivity index (χ2v) is 8.87. The summed E-state index contributed by atoms with van der Waals surface area (Å²) in [4.78, 5) is 7.90. The van der Waals surface area contributed by atoms with Crippen LogP contribution in [0.15, 0.2) is 84.0 Å². The van der Waals surface area contributed by atoms with Crippen LogP contribution in [-0.2, 0) is 11.4 Å². The molecule has 1 aliphatic heterocycles. The Labute approximate surface area is 204 Å². The highest BCUT2D eigenvalue weighted by molar-refractivity contribution is 6.42. The van der Waals surface area contributed by atoms with Gasteiger partial charge in [-0.3, -0.25) is 4.90 Å². The monoisotopic (exact) mass is 484 g/mol. The summed E-state index contributed by atoms with van der Waals surface area (Å²) in [7, 11) is 0. The van der Waals surface area contributed by atoms with Crippen LogP contribution in [0.4, 0.5) is 0 Å². The first-order valence-corrected chi connectivity index (χ1v) is 11.6. The van der Waals surface area contributed by atoms with Crippen molar-refractivity contribution in [2.75, 3.05) is 19.7 Å². The van der Waals surface area contributed by atoms with Crippen molar-refractivity contribution in [2.45, 2.75) is 25.2 Å². The van der Waals surface area contributed by atoms with E-state index in [9.17, 15) is 5.11 Å². The fourth-order valence-electron chi connectivity index (χ4n) is 3.77. The highest BCUT2D eigenvalue weighted by atomic mass is 35.5. The topological polar surface area (TPSA) is 54.3 Å². The Bertz CT molecular complexity index is 1060. The third-order valence-electron chi connectivity index (χ3n) is 5.35. The second kappa shape index (κ2) is 11.5. The van der Waals surface area contributed by atoms with E-state index in [1.165, 1.54) is 0 Å². The van der Waals surface area contributed by atoms with E-state index in [-0.39, 0.29) is 12.7 Å². The number of para-hydroxylation sites is 1. The molecule has 3 aromatic carbocycles. The number of aliphatic hydroxyl groups is 1. The minimum Gasteiger partial charge on any atom is -0.491 e. The average Bonchev–Trinajstić information content (AvgIpc) is 3.29. The number of oxime groups is 1. The lowest BCUT2D eigenvalue weighted by atomic mass is 10.0. The molecule has 0 spiro atoms. The van der Waals surface area contributed by atoms with Gasteiger partial charge in [-0.25, -0.2) is 0 Å². The lowest BCUT2D eigenvalue weighted by Gasteiger charge is -2.27. The van der Waals surface area contributed by atoms with E-state index in [4.69, 9.17) is 32.8 Å². The molecule has 1 N–H and O–H groups in total. The van der Waals surface area contributed by atoms with E-state index in [1.807, 2.05) is 54.6 Å². The molecule has 0 saturated carbocycles. The van der Waals surface area contributed by atoms with Crippen LogP contribution in [0.1, 0.15) is 17.5 Å². The van der Waals surface area contributed by atoms with Gasteiger partial charge in [-0.2, -0.15) is 0 Å². The largest absolute Gasteiger partial charge is 0.491 e. The van der Waals surface area contributed by atoms with E-state index < -0.39 is 6.10 Å². The third kappa shape index (κ3) is 6.95. The molecule has 0 amide bonds. The van der Waals surface area contributed by atoms with Crippen molar-refractivity contribution in [1.29, 1.82) is 0 Å². The maximum Gasteiger partial charge on any atom is 0.145 e. The molecular formula is C26H26Cl2N2O3. The van der Waals surface area contributed by atoms with E-state index in [0.29, 0.717) is 36.1 Å². The first-order chi connectivity index (χ1) is 16.1. The van der Waals surface area contributed by atoms with Crippen LogP contribution in [0.2, 0.25) is 10.0 Å². The van der Waals surface area contributed by atoms with Gasteiger partial charge in [0.05, 0.1) is 15.8 Å². The number of ether oxygens (including phenoxy) is 1. The van der Waals surface area contributed by atoms with Gasteiger partial charge in [0.1, 0.15) is 24.6 Å². The SMILES string of the molecule is O[C@H](COc1ccccc1)CN(Cc1ccccc1)C[C@H]1CC(c2ccc(Cl)c(Cl)c2)=NO1. The van der Waals surface area contributed by atoms with Crippen LogP contribution in [0, 0.1) is 0 Å². The molecule has 7 heteroatoms. The molecule has 3 aromatic rings. The normalized spacial score (nSPS) is 16.4. The summed E-state index contributed by atoms with van der Waals surface area (Å²) in [5.41, 5.74) is 2.90. The molecule has 2 atom stereocenters. The van der Waals surface area contributed by atoms with Gasteiger partial charge >= 0.3 is 0 Å². The van der Waals surface area contributed by atoms with Gasteiger partial charge in [0.15, 0.2) is 0 Å². The second-order valence-electron chi connectivity index (χ2n) is 8.06. The number of nitrogens with zero attached hydrogens (tertiary/aromatic N) is 2.